The Kier molecular flexibility index (Phi) is 4.92. The Balaban J connectivity index is 1.67. The van der Waals surface area contributed by atoms with Gasteiger partial charge in [0.15, 0.2) is 5.78 Å². The van der Waals surface area contributed by atoms with Crippen molar-refractivity contribution in [2.45, 2.75) is 33.6 Å². The van der Waals surface area contributed by atoms with Gasteiger partial charge in [-0.1, -0.05) is 39.0 Å². The number of hydrogen-bond acceptors (Lipinski definition) is 6. The maximum absolute atomic E-state index is 13.2. The van der Waals surface area contributed by atoms with Crippen molar-refractivity contribution in [2.75, 3.05) is 5.06 Å². The normalized spacial score (nSPS) is 24.9. The third-order valence-corrected chi connectivity index (χ3v) is 7.13. The first-order valence-electron chi connectivity index (χ1n) is 10.2. The number of non-ortho nitro benzene ring substituents is 1. The van der Waals surface area contributed by atoms with Crippen LogP contribution in [0.5, 0.6) is 0 Å². The Morgan fingerprint density at radius 1 is 1.13 bits per heavy atom. The molecule has 0 unspecified atom stereocenters. The van der Waals surface area contributed by atoms with Crippen LogP contribution in [0.1, 0.15) is 44.0 Å². The quantitative estimate of drug-likeness (QED) is 0.381. The highest BCUT2D eigenvalue weighted by atomic mass is 16.7. The Morgan fingerprint density at radius 3 is 2.32 bits per heavy atom. The summed E-state index contributed by atoms with van der Waals surface area (Å²) in [6.45, 7) is 6.27. The molecule has 2 aromatic rings. The monoisotopic (exact) mass is 420 g/mol. The minimum atomic E-state index is -0.670. The van der Waals surface area contributed by atoms with Gasteiger partial charge in [0.1, 0.15) is 0 Å². The number of para-hydroxylation sites is 1. The lowest BCUT2D eigenvalue weighted by atomic mass is 9.70. The van der Waals surface area contributed by atoms with E-state index in [9.17, 15) is 19.7 Å². The summed E-state index contributed by atoms with van der Waals surface area (Å²) >= 11 is 0. The molecule has 0 radical (unpaired) electrons. The number of rotatable bonds is 5. The summed E-state index contributed by atoms with van der Waals surface area (Å²) in [5.74, 6) is -0.480. The van der Waals surface area contributed by atoms with Gasteiger partial charge in [-0.05, 0) is 48.4 Å². The van der Waals surface area contributed by atoms with Gasteiger partial charge in [-0.25, -0.2) is 4.79 Å². The topological polar surface area (TPSA) is 89.8 Å². The van der Waals surface area contributed by atoms with E-state index in [4.69, 9.17) is 4.84 Å². The molecular formula is C24H24N2O5. The highest BCUT2D eigenvalue weighted by molar-refractivity contribution is 6.05. The molecular weight excluding hydrogens is 396 g/mol. The summed E-state index contributed by atoms with van der Waals surface area (Å²) < 4.78 is 0. The number of hydroxylamine groups is 1. The van der Waals surface area contributed by atoms with Gasteiger partial charge >= 0.3 is 5.97 Å². The number of nitro groups is 1. The lowest BCUT2D eigenvalue weighted by molar-refractivity contribution is -0.384. The molecule has 0 N–H and O–H groups in total. The van der Waals surface area contributed by atoms with Gasteiger partial charge in [-0.2, -0.15) is 5.06 Å². The minimum Gasteiger partial charge on any atom is -0.331 e. The van der Waals surface area contributed by atoms with Crippen molar-refractivity contribution in [2.24, 2.45) is 16.7 Å². The molecule has 2 fully saturated rings. The minimum absolute atomic E-state index is 0.0919. The van der Waals surface area contributed by atoms with E-state index in [0.29, 0.717) is 11.3 Å². The largest absolute Gasteiger partial charge is 0.363 e. The fourth-order valence-electron chi connectivity index (χ4n) is 4.79. The number of ketones is 1. The maximum Gasteiger partial charge on any atom is 0.363 e. The SMILES string of the molecule is CC1(C)[C@@H]2CC[C@]1(C)C(=O)C2=CN(OC(=O)c1ccc([N+](=O)[O-])cc1)c1ccccc1. The first-order valence-corrected chi connectivity index (χ1v) is 10.2. The van der Waals surface area contributed by atoms with Crippen molar-refractivity contribution in [3.63, 3.8) is 0 Å². The number of carbonyl (C=O) groups excluding carboxylic acids is 2. The zero-order valence-corrected chi connectivity index (χ0v) is 17.7. The molecule has 0 saturated heterocycles. The molecule has 2 aliphatic rings. The van der Waals surface area contributed by atoms with E-state index in [-0.39, 0.29) is 28.4 Å². The van der Waals surface area contributed by atoms with Crippen LogP contribution in [-0.4, -0.2) is 16.7 Å². The number of anilines is 1. The number of benzene rings is 2. The highest BCUT2D eigenvalue weighted by Gasteiger charge is 2.64. The maximum atomic E-state index is 13.2. The number of carbonyl (C=O) groups is 2. The third-order valence-electron chi connectivity index (χ3n) is 7.13. The van der Waals surface area contributed by atoms with E-state index in [1.165, 1.54) is 29.3 Å². The van der Waals surface area contributed by atoms with Crippen LogP contribution in [0.4, 0.5) is 11.4 Å². The molecule has 0 spiro atoms. The average Bonchev–Trinajstić information content (AvgIpc) is 3.07. The molecule has 2 aliphatic carbocycles. The van der Waals surface area contributed by atoms with Crippen LogP contribution in [0.25, 0.3) is 0 Å². The molecule has 4 rings (SSSR count). The van der Waals surface area contributed by atoms with Crippen LogP contribution in [0.2, 0.25) is 0 Å². The van der Waals surface area contributed by atoms with E-state index in [1.54, 1.807) is 18.3 Å². The van der Waals surface area contributed by atoms with Gasteiger partial charge in [0.05, 0.1) is 22.4 Å². The highest BCUT2D eigenvalue weighted by Crippen LogP contribution is 2.65. The van der Waals surface area contributed by atoms with Gasteiger partial charge < -0.3 is 4.84 Å². The van der Waals surface area contributed by atoms with Gasteiger partial charge in [-0.15, -0.1) is 0 Å². The van der Waals surface area contributed by atoms with Crippen molar-refractivity contribution in [3.8, 4) is 0 Å². The van der Waals surface area contributed by atoms with Crippen molar-refractivity contribution in [1.29, 1.82) is 0 Å². The number of nitro benzene ring substituents is 1. The molecule has 2 atom stereocenters. The van der Waals surface area contributed by atoms with E-state index in [1.807, 2.05) is 25.1 Å². The van der Waals surface area contributed by atoms with Crippen LogP contribution < -0.4 is 5.06 Å². The van der Waals surface area contributed by atoms with Crippen LogP contribution in [0, 0.1) is 26.9 Å². The van der Waals surface area contributed by atoms with Gasteiger partial charge in [0.2, 0.25) is 0 Å². The van der Waals surface area contributed by atoms with Crippen molar-refractivity contribution >= 4 is 23.1 Å². The Hall–Kier alpha value is -3.48. The molecule has 0 aromatic heterocycles. The van der Waals surface area contributed by atoms with E-state index < -0.39 is 16.3 Å². The third kappa shape index (κ3) is 3.30. The second-order valence-electron chi connectivity index (χ2n) is 8.90. The Bertz CT molecular complexity index is 1070. The van der Waals surface area contributed by atoms with Crippen LogP contribution in [-0.2, 0) is 9.63 Å². The van der Waals surface area contributed by atoms with Gasteiger partial charge in [0.25, 0.3) is 5.69 Å². The predicted octanol–water partition coefficient (Wildman–Crippen LogP) is 5.08. The molecule has 2 saturated carbocycles. The Morgan fingerprint density at radius 2 is 1.77 bits per heavy atom. The zero-order valence-electron chi connectivity index (χ0n) is 17.7. The van der Waals surface area contributed by atoms with Crippen molar-refractivity contribution in [1.82, 2.24) is 0 Å². The standard InChI is InChI=1S/C24H24N2O5/c1-23(2)20-13-14-24(23,3)21(27)19(20)15-25(17-7-5-4-6-8-17)31-22(28)16-9-11-18(12-10-16)26(29)30/h4-12,15,20H,13-14H2,1-3H3/t20-,24-/m1/s1. The number of fused-ring (bicyclic) bond motifs is 2. The summed E-state index contributed by atoms with van der Waals surface area (Å²) in [5.41, 5.74) is 0.746. The predicted molar refractivity (Wildman–Crippen MR) is 115 cm³/mol. The molecule has 2 aromatic carbocycles. The first-order chi connectivity index (χ1) is 14.6. The van der Waals surface area contributed by atoms with E-state index in [0.717, 1.165) is 12.8 Å². The van der Waals surface area contributed by atoms with E-state index >= 15 is 0 Å². The number of nitrogens with zero attached hydrogens (tertiary/aromatic N) is 2. The van der Waals surface area contributed by atoms with Gasteiger partial charge in [0, 0.05) is 23.1 Å². The van der Waals surface area contributed by atoms with Gasteiger partial charge in [-0.3, -0.25) is 14.9 Å². The summed E-state index contributed by atoms with van der Waals surface area (Å²) in [6, 6.07) is 14.3. The lowest BCUT2D eigenvalue weighted by Crippen LogP contribution is -2.32. The molecule has 7 nitrogen and oxygen atoms in total. The molecule has 2 bridgehead atoms. The molecule has 160 valence electrons. The molecule has 0 heterocycles. The first kappa shape index (κ1) is 20.8. The van der Waals surface area contributed by atoms with Crippen LogP contribution in [0.15, 0.2) is 66.4 Å². The van der Waals surface area contributed by atoms with Crippen LogP contribution in [0.3, 0.4) is 0 Å². The molecule has 0 aliphatic heterocycles. The summed E-state index contributed by atoms with van der Waals surface area (Å²) in [6.07, 6.45) is 3.41. The fourth-order valence-corrected chi connectivity index (χ4v) is 4.79. The lowest BCUT2D eigenvalue weighted by Gasteiger charge is -2.31. The molecule has 7 heteroatoms. The summed E-state index contributed by atoms with van der Waals surface area (Å²) in [4.78, 5) is 42.0. The smallest absolute Gasteiger partial charge is 0.331 e. The number of hydrogen-bond donors (Lipinski definition) is 0. The summed E-state index contributed by atoms with van der Waals surface area (Å²) in [7, 11) is 0. The fraction of sp³-hybridized carbons (Fsp3) is 0.333. The zero-order chi connectivity index (χ0) is 22.4. The van der Waals surface area contributed by atoms with Crippen molar-refractivity contribution < 1.29 is 19.3 Å². The summed E-state index contributed by atoms with van der Waals surface area (Å²) in [5, 5.41) is 12.2. The number of Topliss-reactive ketones (excluding diaryl/α,β-unsaturated/α-hetero) is 1. The van der Waals surface area contributed by atoms with Crippen LogP contribution >= 0.6 is 0 Å². The van der Waals surface area contributed by atoms with E-state index in [2.05, 4.69) is 13.8 Å². The Labute approximate surface area is 180 Å². The molecule has 0 amide bonds. The van der Waals surface area contributed by atoms with Crippen molar-refractivity contribution in [3.05, 3.63) is 82.0 Å². The average molecular weight is 420 g/mol. The molecule has 31 heavy (non-hydrogen) atoms. The second-order valence-corrected chi connectivity index (χ2v) is 8.90. The number of allylic oxidation sites excluding steroid dienone is 1. The second kappa shape index (κ2) is 7.34.